The zero-order valence-electron chi connectivity index (χ0n) is 10.3. The minimum absolute atomic E-state index is 0.236. The number of aromatic nitrogens is 3. The van der Waals surface area contributed by atoms with Crippen LogP contribution in [-0.4, -0.2) is 20.5 Å². The SMILES string of the molecule is O=C(Nc1ccc(Cl)c(Cl)c1)c1nn2cccnc2c1Br. The summed E-state index contributed by atoms with van der Waals surface area (Å²) in [4.78, 5) is 16.4. The minimum Gasteiger partial charge on any atom is -0.321 e. The Morgan fingerprint density at radius 3 is 2.81 bits per heavy atom. The van der Waals surface area contributed by atoms with Crippen molar-refractivity contribution < 1.29 is 4.79 Å². The maximum atomic E-state index is 12.3. The summed E-state index contributed by atoms with van der Waals surface area (Å²) in [5.74, 6) is -0.370. The zero-order valence-corrected chi connectivity index (χ0v) is 13.4. The van der Waals surface area contributed by atoms with Crippen molar-refractivity contribution in [1.82, 2.24) is 14.6 Å². The van der Waals surface area contributed by atoms with E-state index in [0.717, 1.165) is 0 Å². The summed E-state index contributed by atoms with van der Waals surface area (Å²) in [6.45, 7) is 0. The normalized spacial score (nSPS) is 10.8. The van der Waals surface area contributed by atoms with Crippen LogP contribution in [0, 0.1) is 0 Å². The molecule has 0 aliphatic heterocycles. The van der Waals surface area contributed by atoms with Gasteiger partial charge in [0.25, 0.3) is 5.91 Å². The number of hydrogen-bond donors (Lipinski definition) is 1. The first-order chi connectivity index (χ1) is 10.1. The Kier molecular flexibility index (Phi) is 3.84. The molecule has 0 saturated carbocycles. The van der Waals surface area contributed by atoms with E-state index in [0.29, 0.717) is 25.9 Å². The largest absolute Gasteiger partial charge is 0.321 e. The van der Waals surface area contributed by atoms with Gasteiger partial charge in [0.1, 0.15) is 0 Å². The Hall–Kier alpha value is -1.63. The average Bonchev–Trinajstić information content (AvgIpc) is 2.81. The summed E-state index contributed by atoms with van der Waals surface area (Å²) >= 11 is 15.1. The van der Waals surface area contributed by atoms with Crippen LogP contribution < -0.4 is 5.32 Å². The Morgan fingerprint density at radius 1 is 1.29 bits per heavy atom. The number of fused-ring (bicyclic) bond motifs is 1. The van der Waals surface area contributed by atoms with Crippen LogP contribution >= 0.6 is 39.1 Å². The van der Waals surface area contributed by atoms with Crippen molar-refractivity contribution in [3.63, 3.8) is 0 Å². The molecular formula is C13H7BrCl2N4O. The molecule has 3 aromatic rings. The molecule has 3 rings (SSSR count). The van der Waals surface area contributed by atoms with Gasteiger partial charge in [-0.2, -0.15) is 5.10 Å². The number of hydrogen-bond acceptors (Lipinski definition) is 3. The number of anilines is 1. The zero-order chi connectivity index (χ0) is 15.0. The van der Waals surface area contributed by atoms with Gasteiger partial charge in [-0.05, 0) is 40.2 Å². The molecule has 0 bridgehead atoms. The summed E-state index contributed by atoms with van der Waals surface area (Å²) < 4.78 is 2.05. The lowest BCUT2D eigenvalue weighted by Crippen LogP contribution is -2.13. The van der Waals surface area contributed by atoms with Crippen LogP contribution in [0.4, 0.5) is 5.69 Å². The standard InChI is InChI=1S/C13H7BrCl2N4O/c14-10-11(19-20-5-1-4-17-12(10)20)13(21)18-7-2-3-8(15)9(16)6-7/h1-6H,(H,18,21). The number of amides is 1. The van der Waals surface area contributed by atoms with Crippen LogP contribution in [0.1, 0.15) is 10.5 Å². The Morgan fingerprint density at radius 2 is 2.10 bits per heavy atom. The fourth-order valence-electron chi connectivity index (χ4n) is 1.77. The molecule has 2 heterocycles. The van der Waals surface area contributed by atoms with Crippen LogP contribution in [-0.2, 0) is 0 Å². The molecule has 8 heteroatoms. The van der Waals surface area contributed by atoms with Crippen LogP contribution in [0.3, 0.4) is 0 Å². The van der Waals surface area contributed by atoms with E-state index in [1.54, 1.807) is 36.7 Å². The third kappa shape index (κ3) is 2.74. The topological polar surface area (TPSA) is 59.3 Å². The van der Waals surface area contributed by atoms with E-state index >= 15 is 0 Å². The number of rotatable bonds is 2. The fraction of sp³-hybridized carbons (Fsp3) is 0. The first kappa shape index (κ1) is 14.3. The van der Waals surface area contributed by atoms with Gasteiger partial charge in [0, 0.05) is 18.1 Å². The third-order valence-electron chi connectivity index (χ3n) is 2.73. The molecule has 5 nitrogen and oxygen atoms in total. The number of carbonyl (C=O) groups excluding carboxylic acids is 1. The molecule has 106 valence electrons. The van der Waals surface area contributed by atoms with Crippen molar-refractivity contribution in [2.45, 2.75) is 0 Å². The minimum atomic E-state index is -0.370. The van der Waals surface area contributed by atoms with E-state index in [2.05, 4.69) is 31.3 Å². The highest BCUT2D eigenvalue weighted by atomic mass is 79.9. The predicted molar refractivity (Wildman–Crippen MR) is 85.1 cm³/mol. The first-order valence-electron chi connectivity index (χ1n) is 5.81. The second kappa shape index (κ2) is 5.63. The molecule has 0 unspecified atom stereocenters. The molecule has 2 aromatic heterocycles. The number of halogens is 3. The van der Waals surface area contributed by atoms with Gasteiger partial charge in [-0.3, -0.25) is 4.79 Å². The van der Waals surface area contributed by atoms with Gasteiger partial charge in [-0.1, -0.05) is 23.2 Å². The summed E-state index contributed by atoms with van der Waals surface area (Å²) in [7, 11) is 0. The van der Waals surface area contributed by atoms with Crippen molar-refractivity contribution in [3.05, 3.63) is 56.9 Å². The molecular weight excluding hydrogens is 379 g/mol. The van der Waals surface area contributed by atoms with Crippen LogP contribution in [0.2, 0.25) is 10.0 Å². The van der Waals surface area contributed by atoms with Crippen molar-refractivity contribution in [3.8, 4) is 0 Å². The smallest absolute Gasteiger partial charge is 0.277 e. The van der Waals surface area contributed by atoms with E-state index < -0.39 is 0 Å². The van der Waals surface area contributed by atoms with E-state index in [4.69, 9.17) is 23.2 Å². The summed E-state index contributed by atoms with van der Waals surface area (Å²) in [6.07, 6.45) is 3.34. The quantitative estimate of drug-likeness (QED) is 0.723. The van der Waals surface area contributed by atoms with Crippen LogP contribution in [0.5, 0.6) is 0 Å². The number of carbonyl (C=O) groups is 1. The lowest BCUT2D eigenvalue weighted by molar-refractivity contribution is 0.102. The molecule has 1 amide bonds. The highest BCUT2D eigenvalue weighted by molar-refractivity contribution is 9.10. The van der Waals surface area contributed by atoms with Gasteiger partial charge in [0.05, 0.1) is 14.5 Å². The van der Waals surface area contributed by atoms with Gasteiger partial charge >= 0.3 is 0 Å². The molecule has 0 aliphatic carbocycles. The molecule has 0 atom stereocenters. The molecule has 0 fully saturated rings. The molecule has 21 heavy (non-hydrogen) atoms. The van der Waals surface area contributed by atoms with Crippen molar-refractivity contribution in [2.24, 2.45) is 0 Å². The maximum Gasteiger partial charge on any atom is 0.277 e. The van der Waals surface area contributed by atoms with Gasteiger partial charge in [0.15, 0.2) is 11.3 Å². The highest BCUT2D eigenvalue weighted by Gasteiger charge is 2.18. The fourth-order valence-corrected chi connectivity index (χ4v) is 2.61. The van der Waals surface area contributed by atoms with Crippen molar-refractivity contribution in [1.29, 1.82) is 0 Å². The molecule has 0 aliphatic rings. The summed E-state index contributed by atoms with van der Waals surface area (Å²) in [6, 6.07) is 6.57. The van der Waals surface area contributed by atoms with E-state index in [1.807, 2.05) is 0 Å². The summed E-state index contributed by atoms with van der Waals surface area (Å²) in [5.41, 5.74) is 1.34. The van der Waals surface area contributed by atoms with Gasteiger partial charge < -0.3 is 5.32 Å². The Balaban J connectivity index is 1.93. The Labute approximate surface area is 138 Å². The van der Waals surface area contributed by atoms with Crippen LogP contribution in [0.25, 0.3) is 5.65 Å². The predicted octanol–water partition coefficient (Wildman–Crippen LogP) is 4.05. The molecule has 0 saturated heterocycles. The molecule has 1 aromatic carbocycles. The average molecular weight is 386 g/mol. The number of nitrogens with zero attached hydrogens (tertiary/aromatic N) is 3. The Bertz CT molecular complexity index is 849. The highest BCUT2D eigenvalue weighted by Crippen LogP contribution is 2.26. The molecule has 1 N–H and O–H groups in total. The lowest BCUT2D eigenvalue weighted by Gasteiger charge is -2.04. The monoisotopic (exact) mass is 384 g/mol. The first-order valence-corrected chi connectivity index (χ1v) is 7.36. The van der Waals surface area contributed by atoms with E-state index in [-0.39, 0.29) is 11.6 Å². The third-order valence-corrected chi connectivity index (χ3v) is 4.20. The molecule has 0 spiro atoms. The van der Waals surface area contributed by atoms with E-state index in [1.165, 1.54) is 4.52 Å². The lowest BCUT2D eigenvalue weighted by atomic mass is 10.3. The second-order valence-corrected chi connectivity index (χ2v) is 5.74. The van der Waals surface area contributed by atoms with Gasteiger partial charge in [0.2, 0.25) is 0 Å². The van der Waals surface area contributed by atoms with Gasteiger partial charge in [-0.25, -0.2) is 9.50 Å². The molecule has 0 radical (unpaired) electrons. The van der Waals surface area contributed by atoms with Gasteiger partial charge in [-0.15, -0.1) is 0 Å². The van der Waals surface area contributed by atoms with Crippen molar-refractivity contribution in [2.75, 3.05) is 5.32 Å². The van der Waals surface area contributed by atoms with E-state index in [9.17, 15) is 4.79 Å². The second-order valence-electron chi connectivity index (χ2n) is 4.13. The number of benzene rings is 1. The summed E-state index contributed by atoms with van der Waals surface area (Å²) in [5, 5.41) is 7.69. The number of nitrogens with one attached hydrogen (secondary N) is 1. The van der Waals surface area contributed by atoms with Crippen molar-refractivity contribution >= 4 is 56.4 Å². The maximum absolute atomic E-state index is 12.3. The van der Waals surface area contributed by atoms with Crippen LogP contribution in [0.15, 0.2) is 41.1 Å².